The first kappa shape index (κ1) is 15.9. The second kappa shape index (κ2) is 6.65. The van der Waals surface area contributed by atoms with E-state index in [0.717, 1.165) is 11.8 Å². The maximum absolute atomic E-state index is 12.5. The first-order valence-electron chi connectivity index (χ1n) is 6.92. The van der Waals surface area contributed by atoms with E-state index in [1.54, 1.807) is 18.2 Å². The number of hydrogen-bond acceptors (Lipinski definition) is 7. The highest BCUT2D eigenvalue weighted by Gasteiger charge is 2.22. The molecule has 0 aliphatic carbocycles. The van der Waals surface area contributed by atoms with Crippen molar-refractivity contribution in [3.8, 4) is 34.8 Å². The summed E-state index contributed by atoms with van der Waals surface area (Å²) in [6, 6.07) is 9.15. The van der Waals surface area contributed by atoms with Crippen LogP contribution in [0.15, 0.2) is 23.2 Å². The van der Waals surface area contributed by atoms with Crippen LogP contribution in [0, 0.1) is 22.7 Å². The molecule has 0 saturated carbocycles. The number of nitriles is 2. The number of nitrogens with two attached hydrogens (primary N) is 1. The van der Waals surface area contributed by atoms with Gasteiger partial charge in [0, 0.05) is 11.3 Å². The molecule has 3 rings (SSSR count). The molecule has 0 saturated heterocycles. The van der Waals surface area contributed by atoms with Crippen molar-refractivity contribution >= 4 is 17.6 Å². The molecule has 0 spiro atoms. The Balaban J connectivity index is 2.23. The lowest BCUT2D eigenvalue weighted by Crippen LogP contribution is -2.03. The van der Waals surface area contributed by atoms with Gasteiger partial charge in [0.05, 0.1) is 12.2 Å². The predicted molar refractivity (Wildman–Crippen MR) is 86.3 cm³/mol. The van der Waals surface area contributed by atoms with Crippen molar-refractivity contribution in [1.29, 1.82) is 10.5 Å². The highest BCUT2D eigenvalue weighted by molar-refractivity contribution is 7.99. The molecule has 0 bridgehead atoms. The molecule has 1 aromatic heterocycles. The average Bonchev–Trinajstić information content (AvgIpc) is 3.06. The van der Waals surface area contributed by atoms with Crippen LogP contribution in [0.3, 0.4) is 0 Å². The topological polar surface area (TPSA) is 105 Å². The van der Waals surface area contributed by atoms with Gasteiger partial charge < -0.3 is 15.2 Å². The SMILES string of the molecule is N#Cc1c(N)nc(SCCF)c(C#N)c1-c1ccc2c(c1)OCO2. The van der Waals surface area contributed by atoms with E-state index in [1.165, 1.54) is 0 Å². The zero-order valence-electron chi connectivity index (χ0n) is 12.4. The molecule has 0 radical (unpaired) electrons. The quantitative estimate of drug-likeness (QED) is 0.852. The van der Waals surface area contributed by atoms with Gasteiger partial charge >= 0.3 is 0 Å². The number of fused-ring (bicyclic) bond motifs is 1. The molecule has 24 heavy (non-hydrogen) atoms. The molecule has 1 aliphatic rings. The number of anilines is 1. The molecule has 0 unspecified atom stereocenters. The maximum atomic E-state index is 12.5. The van der Waals surface area contributed by atoms with Crippen molar-refractivity contribution < 1.29 is 13.9 Å². The Morgan fingerprint density at radius 3 is 2.67 bits per heavy atom. The molecule has 2 aromatic rings. The third-order valence-electron chi connectivity index (χ3n) is 3.39. The van der Waals surface area contributed by atoms with Gasteiger partial charge in [0.15, 0.2) is 11.5 Å². The number of hydrogen-bond donors (Lipinski definition) is 1. The number of benzene rings is 1. The van der Waals surface area contributed by atoms with Crippen LogP contribution >= 0.6 is 11.8 Å². The largest absolute Gasteiger partial charge is 0.454 e. The van der Waals surface area contributed by atoms with Gasteiger partial charge in [-0.15, -0.1) is 11.8 Å². The van der Waals surface area contributed by atoms with Gasteiger partial charge in [-0.3, -0.25) is 4.39 Å². The number of alkyl halides is 1. The monoisotopic (exact) mass is 342 g/mol. The number of rotatable bonds is 4. The van der Waals surface area contributed by atoms with Crippen molar-refractivity contribution in [2.24, 2.45) is 0 Å². The molecule has 0 amide bonds. The van der Waals surface area contributed by atoms with Crippen molar-refractivity contribution in [3.63, 3.8) is 0 Å². The van der Waals surface area contributed by atoms with Crippen LogP contribution in [-0.4, -0.2) is 24.2 Å². The van der Waals surface area contributed by atoms with E-state index in [4.69, 9.17) is 15.2 Å². The summed E-state index contributed by atoms with van der Waals surface area (Å²) in [4.78, 5) is 4.08. The van der Waals surface area contributed by atoms with Gasteiger partial charge in [0.1, 0.15) is 28.5 Å². The summed E-state index contributed by atoms with van der Waals surface area (Å²) in [5.74, 6) is 1.26. The summed E-state index contributed by atoms with van der Waals surface area (Å²) in [6.45, 7) is -0.443. The summed E-state index contributed by atoms with van der Waals surface area (Å²) < 4.78 is 23.1. The fourth-order valence-corrected chi connectivity index (χ4v) is 3.10. The fraction of sp³-hybridized carbons (Fsp3) is 0.188. The fourth-order valence-electron chi connectivity index (χ4n) is 2.38. The van der Waals surface area contributed by atoms with E-state index < -0.39 is 6.67 Å². The summed E-state index contributed by atoms with van der Waals surface area (Å²) >= 11 is 1.09. The van der Waals surface area contributed by atoms with Crippen molar-refractivity contribution in [2.75, 3.05) is 25.0 Å². The Morgan fingerprint density at radius 1 is 1.21 bits per heavy atom. The molecule has 0 fully saturated rings. The molecule has 1 aromatic carbocycles. The summed E-state index contributed by atoms with van der Waals surface area (Å²) in [5.41, 5.74) is 7.13. The summed E-state index contributed by atoms with van der Waals surface area (Å²) in [5, 5.41) is 19.3. The van der Waals surface area contributed by atoms with Gasteiger partial charge in [-0.2, -0.15) is 10.5 Å². The molecule has 8 heteroatoms. The molecular weight excluding hydrogens is 331 g/mol. The number of nitrogen functional groups attached to an aromatic ring is 1. The van der Waals surface area contributed by atoms with E-state index in [1.807, 2.05) is 6.07 Å². The number of aromatic nitrogens is 1. The smallest absolute Gasteiger partial charge is 0.231 e. The summed E-state index contributed by atoms with van der Waals surface area (Å²) in [7, 11) is 0. The highest BCUT2D eigenvalue weighted by atomic mass is 32.2. The Hall–Kier alpha value is -2.97. The Kier molecular flexibility index (Phi) is 4.41. The van der Waals surface area contributed by atoms with Crippen LogP contribution in [0.4, 0.5) is 10.2 Å². The van der Waals surface area contributed by atoms with Crippen molar-refractivity contribution in [1.82, 2.24) is 4.98 Å². The number of nitrogens with zero attached hydrogens (tertiary/aromatic N) is 3. The van der Waals surface area contributed by atoms with E-state index in [2.05, 4.69) is 11.1 Å². The lowest BCUT2D eigenvalue weighted by Gasteiger charge is -2.13. The maximum Gasteiger partial charge on any atom is 0.231 e. The zero-order chi connectivity index (χ0) is 17.1. The Bertz CT molecular complexity index is 889. The predicted octanol–water partition coefficient (Wildman–Crippen LogP) is 2.86. The van der Waals surface area contributed by atoms with Gasteiger partial charge in [0.2, 0.25) is 6.79 Å². The minimum atomic E-state index is -0.559. The van der Waals surface area contributed by atoms with Crippen LogP contribution in [-0.2, 0) is 0 Å². The third-order valence-corrected chi connectivity index (χ3v) is 4.32. The molecule has 2 heterocycles. The number of pyridine rings is 1. The summed E-state index contributed by atoms with van der Waals surface area (Å²) in [6.07, 6.45) is 0. The minimum Gasteiger partial charge on any atom is -0.454 e. The number of thioether (sulfide) groups is 1. The molecule has 0 atom stereocenters. The normalized spacial score (nSPS) is 11.8. The molecule has 120 valence electrons. The van der Waals surface area contributed by atoms with Gasteiger partial charge in [-0.1, -0.05) is 6.07 Å². The van der Waals surface area contributed by atoms with Crippen LogP contribution < -0.4 is 15.2 Å². The second-order valence-corrected chi connectivity index (χ2v) is 5.84. The van der Waals surface area contributed by atoms with Crippen molar-refractivity contribution in [2.45, 2.75) is 5.03 Å². The third kappa shape index (κ3) is 2.68. The van der Waals surface area contributed by atoms with Crippen LogP contribution in [0.1, 0.15) is 11.1 Å². The van der Waals surface area contributed by atoms with Crippen molar-refractivity contribution in [3.05, 3.63) is 29.3 Å². The van der Waals surface area contributed by atoms with Gasteiger partial charge in [-0.25, -0.2) is 4.98 Å². The molecule has 1 aliphatic heterocycles. The minimum absolute atomic E-state index is 0.00512. The van der Waals surface area contributed by atoms with Gasteiger partial charge in [0.25, 0.3) is 0 Å². The Labute approximate surface area is 141 Å². The van der Waals surface area contributed by atoms with E-state index in [0.29, 0.717) is 27.7 Å². The molecular formula is C16H11FN4O2S. The van der Waals surface area contributed by atoms with E-state index in [9.17, 15) is 14.9 Å². The van der Waals surface area contributed by atoms with Crippen LogP contribution in [0.25, 0.3) is 11.1 Å². The van der Waals surface area contributed by atoms with E-state index >= 15 is 0 Å². The highest BCUT2D eigenvalue weighted by Crippen LogP contribution is 2.40. The number of ether oxygens (including phenoxy) is 2. The lowest BCUT2D eigenvalue weighted by atomic mass is 9.96. The first-order chi connectivity index (χ1) is 11.7. The van der Waals surface area contributed by atoms with Crippen LogP contribution in [0.5, 0.6) is 11.5 Å². The van der Waals surface area contributed by atoms with Crippen LogP contribution in [0.2, 0.25) is 0 Å². The average molecular weight is 342 g/mol. The second-order valence-electron chi connectivity index (χ2n) is 4.76. The van der Waals surface area contributed by atoms with Gasteiger partial charge in [-0.05, 0) is 17.7 Å². The Morgan fingerprint density at radius 2 is 1.96 bits per heavy atom. The first-order valence-corrected chi connectivity index (χ1v) is 7.90. The molecule has 6 nitrogen and oxygen atoms in total. The lowest BCUT2D eigenvalue weighted by molar-refractivity contribution is 0.174. The number of halogens is 1. The standard InChI is InChI=1S/C16H11FN4O2S/c17-3-4-24-16-11(7-19)14(10(6-18)15(20)21-16)9-1-2-12-13(5-9)23-8-22-12/h1-2,5H,3-4,8H2,(H2,20,21). The zero-order valence-corrected chi connectivity index (χ0v) is 13.2. The van der Waals surface area contributed by atoms with E-state index in [-0.39, 0.29) is 29.5 Å². The molecule has 2 N–H and O–H groups in total.